The SMILES string of the molecule is Cc1ccc(-c2nnc([C@H](C)Sc3nnc(-c4cccc(Cl)c4)o3)o2)cc1. The molecular weight excluding hydrogens is 384 g/mol. The second-order valence-electron chi connectivity index (χ2n) is 5.96. The Balaban J connectivity index is 1.48. The Bertz CT molecular complexity index is 1060. The molecule has 6 nitrogen and oxygen atoms in total. The number of rotatable bonds is 5. The molecular formula is C19H15ClN4O2S. The first-order chi connectivity index (χ1) is 13.1. The van der Waals surface area contributed by atoms with Crippen LogP contribution in [0.1, 0.15) is 23.6 Å². The molecule has 0 radical (unpaired) electrons. The van der Waals surface area contributed by atoms with Crippen molar-refractivity contribution in [1.82, 2.24) is 20.4 Å². The molecule has 0 saturated carbocycles. The summed E-state index contributed by atoms with van der Waals surface area (Å²) in [4.78, 5) is 0. The van der Waals surface area contributed by atoms with Crippen LogP contribution in [0.15, 0.2) is 62.6 Å². The summed E-state index contributed by atoms with van der Waals surface area (Å²) in [5.74, 6) is 1.40. The lowest BCUT2D eigenvalue weighted by Crippen LogP contribution is -1.88. The summed E-state index contributed by atoms with van der Waals surface area (Å²) in [6.45, 7) is 3.98. The van der Waals surface area contributed by atoms with Crippen molar-refractivity contribution in [3.63, 3.8) is 0 Å². The van der Waals surface area contributed by atoms with Crippen molar-refractivity contribution in [1.29, 1.82) is 0 Å². The third kappa shape index (κ3) is 4.04. The minimum absolute atomic E-state index is 0.135. The van der Waals surface area contributed by atoms with Crippen LogP contribution in [0.3, 0.4) is 0 Å². The molecule has 136 valence electrons. The van der Waals surface area contributed by atoms with Gasteiger partial charge in [0.15, 0.2) is 0 Å². The molecule has 2 aromatic heterocycles. The highest BCUT2D eigenvalue weighted by molar-refractivity contribution is 7.99. The fraction of sp³-hybridized carbons (Fsp3) is 0.158. The van der Waals surface area contributed by atoms with Gasteiger partial charge in [-0.15, -0.1) is 20.4 Å². The van der Waals surface area contributed by atoms with Crippen molar-refractivity contribution in [3.05, 3.63) is 65.0 Å². The molecule has 2 aromatic carbocycles. The lowest BCUT2D eigenvalue weighted by Gasteiger charge is -2.02. The second-order valence-corrected chi connectivity index (χ2v) is 7.68. The minimum atomic E-state index is -0.135. The zero-order valence-corrected chi connectivity index (χ0v) is 16.2. The Morgan fingerprint density at radius 3 is 2.41 bits per heavy atom. The predicted octanol–water partition coefficient (Wildman–Crippen LogP) is 5.60. The van der Waals surface area contributed by atoms with Crippen molar-refractivity contribution in [3.8, 4) is 22.9 Å². The van der Waals surface area contributed by atoms with Crippen LogP contribution in [0.2, 0.25) is 5.02 Å². The Labute approximate surface area is 165 Å². The summed E-state index contributed by atoms with van der Waals surface area (Å²) >= 11 is 7.36. The van der Waals surface area contributed by atoms with Crippen molar-refractivity contribution in [2.75, 3.05) is 0 Å². The average Bonchev–Trinajstić information content (AvgIpc) is 3.32. The minimum Gasteiger partial charge on any atom is -0.419 e. The van der Waals surface area contributed by atoms with Crippen LogP contribution in [-0.2, 0) is 0 Å². The van der Waals surface area contributed by atoms with Gasteiger partial charge in [-0.25, -0.2) is 0 Å². The van der Waals surface area contributed by atoms with Gasteiger partial charge in [0.2, 0.25) is 17.7 Å². The number of nitrogens with zero attached hydrogens (tertiary/aromatic N) is 4. The van der Waals surface area contributed by atoms with Gasteiger partial charge >= 0.3 is 0 Å². The van der Waals surface area contributed by atoms with Crippen molar-refractivity contribution in [2.45, 2.75) is 24.3 Å². The molecule has 0 amide bonds. The van der Waals surface area contributed by atoms with Gasteiger partial charge in [-0.3, -0.25) is 0 Å². The summed E-state index contributed by atoms with van der Waals surface area (Å²) in [5.41, 5.74) is 2.83. The van der Waals surface area contributed by atoms with Crippen LogP contribution in [0.4, 0.5) is 0 Å². The molecule has 0 saturated heterocycles. The molecule has 1 atom stereocenters. The quantitative estimate of drug-likeness (QED) is 0.405. The molecule has 0 spiro atoms. The van der Waals surface area contributed by atoms with Crippen LogP contribution < -0.4 is 0 Å². The first-order valence-corrected chi connectivity index (χ1v) is 9.51. The number of thioether (sulfide) groups is 1. The third-order valence-corrected chi connectivity index (χ3v) is 5.00. The molecule has 2 heterocycles. The Morgan fingerprint density at radius 1 is 0.889 bits per heavy atom. The zero-order chi connectivity index (χ0) is 18.8. The van der Waals surface area contributed by atoms with Crippen LogP contribution in [-0.4, -0.2) is 20.4 Å². The fourth-order valence-electron chi connectivity index (χ4n) is 2.41. The number of hydrogen-bond donors (Lipinski definition) is 0. The maximum absolute atomic E-state index is 6.00. The van der Waals surface area contributed by atoms with Crippen molar-refractivity contribution in [2.24, 2.45) is 0 Å². The highest BCUT2D eigenvalue weighted by Gasteiger charge is 2.20. The first-order valence-electron chi connectivity index (χ1n) is 8.25. The summed E-state index contributed by atoms with van der Waals surface area (Å²) in [6.07, 6.45) is 0. The van der Waals surface area contributed by atoms with Gasteiger partial charge in [0, 0.05) is 16.1 Å². The molecule has 27 heavy (non-hydrogen) atoms. The van der Waals surface area contributed by atoms with Gasteiger partial charge in [-0.1, -0.05) is 47.1 Å². The molecule has 4 aromatic rings. The summed E-state index contributed by atoms with van der Waals surface area (Å²) < 4.78 is 11.5. The Hall–Kier alpha value is -2.64. The monoisotopic (exact) mass is 398 g/mol. The predicted molar refractivity (Wildman–Crippen MR) is 103 cm³/mol. The topological polar surface area (TPSA) is 77.8 Å². The molecule has 0 aliphatic rings. The van der Waals surface area contributed by atoms with Gasteiger partial charge in [0.25, 0.3) is 5.22 Å². The lowest BCUT2D eigenvalue weighted by atomic mass is 10.1. The van der Waals surface area contributed by atoms with Crippen LogP contribution in [0, 0.1) is 6.92 Å². The number of aromatic nitrogens is 4. The van der Waals surface area contributed by atoms with Gasteiger partial charge in [0.05, 0.1) is 5.25 Å². The van der Waals surface area contributed by atoms with E-state index in [1.54, 1.807) is 12.1 Å². The molecule has 0 unspecified atom stereocenters. The Kier molecular flexibility index (Phi) is 4.96. The van der Waals surface area contributed by atoms with E-state index in [4.69, 9.17) is 20.4 Å². The van der Waals surface area contributed by atoms with Gasteiger partial charge in [-0.05, 0) is 44.2 Å². The van der Waals surface area contributed by atoms with Crippen LogP contribution in [0.5, 0.6) is 0 Å². The Morgan fingerprint density at radius 2 is 1.63 bits per heavy atom. The molecule has 0 fully saturated rings. The highest BCUT2D eigenvalue weighted by atomic mass is 35.5. The smallest absolute Gasteiger partial charge is 0.277 e. The van der Waals surface area contributed by atoms with Gasteiger partial charge in [-0.2, -0.15) is 0 Å². The van der Waals surface area contributed by atoms with Gasteiger partial charge in [0.1, 0.15) is 0 Å². The highest BCUT2D eigenvalue weighted by Crippen LogP contribution is 2.35. The summed E-state index contributed by atoms with van der Waals surface area (Å²) in [7, 11) is 0. The third-order valence-electron chi connectivity index (χ3n) is 3.84. The normalized spacial score (nSPS) is 12.3. The lowest BCUT2D eigenvalue weighted by molar-refractivity contribution is 0.461. The van der Waals surface area contributed by atoms with E-state index in [1.165, 1.54) is 17.3 Å². The summed E-state index contributed by atoms with van der Waals surface area (Å²) in [5, 5.41) is 17.3. The van der Waals surface area contributed by atoms with E-state index in [0.29, 0.717) is 27.9 Å². The number of benzene rings is 2. The summed E-state index contributed by atoms with van der Waals surface area (Å²) in [6, 6.07) is 15.2. The largest absolute Gasteiger partial charge is 0.419 e. The number of aryl methyl sites for hydroxylation is 1. The molecule has 0 aliphatic carbocycles. The zero-order valence-electron chi connectivity index (χ0n) is 14.6. The van der Waals surface area contributed by atoms with Crippen LogP contribution in [0.25, 0.3) is 22.9 Å². The van der Waals surface area contributed by atoms with E-state index in [-0.39, 0.29) is 5.25 Å². The maximum atomic E-state index is 6.00. The number of hydrogen-bond acceptors (Lipinski definition) is 7. The molecule has 4 rings (SSSR count). The average molecular weight is 399 g/mol. The maximum Gasteiger partial charge on any atom is 0.277 e. The molecule has 0 bridgehead atoms. The molecule has 0 aliphatic heterocycles. The van der Waals surface area contributed by atoms with E-state index in [9.17, 15) is 0 Å². The van der Waals surface area contributed by atoms with Gasteiger partial charge < -0.3 is 8.83 Å². The second kappa shape index (κ2) is 7.54. The number of halogens is 1. The van der Waals surface area contributed by atoms with Crippen molar-refractivity contribution >= 4 is 23.4 Å². The van der Waals surface area contributed by atoms with E-state index in [1.807, 2.05) is 50.2 Å². The fourth-order valence-corrected chi connectivity index (χ4v) is 3.31. The van der Waals surface area contributed by atoms with E-state index >= 15 is 0 Å². The molecule has 8 heteroatoms. The van der Waals surface area contributed by atoms with E-state index < -0.39 is 0 Å². The first kappa shape index (κ1) is 17.8. The van der Waals surface area contributed by atoms with Crippen molar-refractivity contribution < 1.29 is 8.83 Å². The van der Waals surface area contributed by atoms with E-state index in [2.05, 4.69) is 20.4 Å². The standard InChI is InChI=1S/C19H15ClN4O2S/c1-11-6-8-13(9-7-11)17-22-21-16(25-17)12(2)27-19-24-23-18(26-19)14-4-3-5-15(20)10-14/h3-10,12H,1-2H3/t12-/m0/s1. The van der Waals surface area contributed by atoms with Crippen LogP contribution >= 0.6 is 23.4 Å². The van der Waals surface area contributed by atoms with E-state index in [0.717, 1.165) is 11.1 Å². The molecule has 0 N–H and O–H groups in total.